The minimum absolute atomic E-state index is 0. The van der Waals surface area contributed by atoms with Crippen molar-refractivity contribution in [2.24, 2.45) is 5.10 Å². The van der Waals surface area contributed by atoms with Crippen LogP contribution in [0.3, 0.4) is 0 Å². The standard InChI is InChI=1S/C76H103IN6O25S3.Y/c1-15-83(44(7)84)50-38-101-56(35-53(50)95-10)106-68-63(90)60(82-108-57-34-51(85)70(43(6)102-57)110-71(92)58-39(2)59(77)66(69(98-13)65(58)96-11)107-72-64(91)67(97-12)62(89)42(5)104-72)41(4)103-73(68)105-47-23-20-18-16-17-19-21-30-76(94)36-52(86)61(79-74(93)99-14)48(33-47)49(76)29-32-109-111-75(8,9)37-55(88)81-80-40(3)45-25-27-46(28-26-45)100-31-22-24-54(78)87;/h16,18,25-29,41-43,47,50-51,53,56-57,60,62-64,67-68,70,72-73,82,85,89-91,94H,15,21-22,24,30-38H2,1-14H3,(H4,78,79,81,87,88,93);/p-1/b18-16-,49-29+,80-40+;/t41-,42+,43-,47-,50+,51+,53+,56+,57+,60-,62+,63+,64-,67-,68-,70-,72+,73+,76+;/m1./s1. The maximum atomic E-state index is 14.6. The van der Waals surface area contributed by atoms with Crippen molar-refractivity contribution >= 4 is 96.4 Å². The molecular formula is C76H102IN6O25S3Y-. The summed E-state index contributed by atoms with van der Waals surface area (Å²) in [5.41, 5.74) is 12.8. The smallest absolute Gasteiger partial charge is 0.411 e. The largest absolute Gasteiger partial charge is 0.668 e. The Bertz CT molecular complexity index is 3860. The summed E-state index contributed by atoms with van der Waals surface area (Å²) in [5.74, 6) is 11.1. The zero-order chi connectivity index (χ0) is 81.2. The summed E-state index contributed by atoms with van der Waals surface area (Å²) in [6, 6.07) is 5.41. The maximum absolute atomic E-state index is 14.6. The summed E-state index contributed by atoms with van der Waals surface area (Å²) in [6.07, 6.45) is -14.1. The molecule has 4 heterocycles. The van der Waals surface area contributed by atoms with Crippen LogP contribution in [0.15, 0.2) is 64.4 Å². The van der Waals surface area contributed by atoms with E-state index in [1.807, 2.05) is 43.4 Å². The Labute approximate surface area is 703 Å². The summed E-state index contributed by atoms with van der Waals surface area (Å²) >= 11 is 2.79. The van der Waals surface area contributed by atoms with Gasteiger partial charge in [-0.1, -0.05) is 63.1 Å². The zero-order valence-electron chi connectivity index (χ0n) is 65.1. The molecule has 8 rings (SSSR count). The number of carbonyl (C=O) groups excluding carboxylic acids is 6. The molecular weight excluding hydrogens is 1710 g/mol. The number of methoxy groups -OCH3 is 5. The van der Waals surface area contributed by atoms with Crippen molar-refractivity contribution < 1.29 is 153 Å². The average Bonchev–Trinajstić information content (AvgIpc) is 0.800. The third-order valence-corrected chi connectivity index (χ3v) is 25.3. The number of aliphatic hydroxyl groups is 5. The molecule has 6 aliphatic rings. The SMILES string of the molecule is CCN(C(C)=O)[C@H]1CO[C@@H](O[C@H]2[C@H](O[C@@H]3C#C/C=C\C#CCC[C@]4(O)CC(=O)C(NC(=O)OC)=C(C3)/C4=C\CSSC(C)(C)CC(=O)N/N=C(\C)c3ccc(OCCCC([NH-])=O)cc3)O[C@H](C)[C@@H](NO[C@H]3C[C@H](O)[C@H](SC(=O)c4c(C)c(I)c(O[C@@H]5O[C@@H](C)[C@H](O)[C@@H](OC)[C@H]5O)c(OC)c4OC)[C@@H](C)O3)[C@@H]2O)C[C@@H]1OC.[Y]. The number of halogens is 1. The van der Waals surface area contributed by atoms with Gasteiger partial charge in [0.15, 0.2) is 36.2 Å². The van der Waals surface area contributed by atoms with Crippen molar-refractivity contribution in [3.8, 4) is 46.7 Å². The molecule has 4 aliphatic heterocycles. The molecule has 2 aliphatic carbocycles. The number of carbonyl (C=O) groups is 6. The zero-order valence-corrected chi connectivity index (χ0v) is 72.5. The Balaban J connectivity index is 0.0000174. The Hall–Kier alpha value is -5.05. The van der Waals surface area contributed by atoms with Crippen LogP contribution in [0.25, 0.3) is 5.73 Å². The first kappa shape index (κ1) is 94.1. The number of ketones is 1. The molecule has 2 aromatic rings. The number of nitrogens with one attached hydrogen (secondary N) is 4. The summed E-state index contributed by atoms with van der Waals surface area (Å²) in [5, 5.41) is 64.8. The van der Waals surface area contributed by atoms with Gasteiger partial charge in [-0.05, 0) is 156 Å². The number of amides is 4. The number of likely N-dealkylation sites (N-methyl/N-ethyl adjacent to an activating group) is 1. The van der Waals surface area contributed by atoms with Gasteiger partial charge in [0.1, 0.15) is 42.4 Å². The van der Waals surface area contributed by atoms with Crippen LogP contribution in [0, 0.1) is 34.2 Å². The van der Waals surface area contributed by atoms with Gasteiger partial charge in [-0.25, -0.2) is 10.2 Å². The molecule has 0 unspecified atom stereocenters. The molecule has 31 nitrogen and oxygen atoms in total. The number of hydroxylamine groups is 1. The van der Waals surface area contributed by atoms with E-state index in [1.165, 1.54) is 69.1 Å². The van der Waals surface area contributed by atoms with Gasteiger partial charge >= 0.3 is 6.09 Å². The van der Waals surface area contributed by atoms with Gasteiger partial charge in [-0.15, -0.1) is 0 Å². The first-order valence-corrected chi connectivity index (χ1v) is 40.6. The maximum Gasteiger partial charge on any atom is 0.411 e. The predicted molar refractivity (Wildman–Crippen MR) is 419 cm³/mol. The molecule has 2 aromatic carbocycles. The number of nitrogens with zero attached hydrogens (tertiary/aromatic N) is 2. The van der Waals surface area contributed by atoms with Crippen LogP contribution in [0.5, 0.6) is 23.0 Å². The van der Waals surface area contributed by atoms with Gasteiger partial charge in [0, 0.05) is 115 Å². The second-order valence-corrected chi connectivity index (χ2v) is 33.1. The Morgan fingerprint density at radius 2 is 1.58 bits per heavy atom. The predicted octanol–water partition coefficient (Wildman–Crippen LogP) is 6.79. The number of hydrogen-bond donors (Lipinski definition) is 8. The molecule has 615 valence electrons. The Morgan fingerprint density at radius 1 is 0.875 bits per heavy atom. The quantitative estimate of drug-likeness (QED) is 0.00961. The molecule has 0 spiro atoms. The van der Waals surface area contributed by atoms with Gasteiger partial charge in [0.25, 0.3) is 0 Å². The van der Waals surface area contributed by atoms with E-state index in [0.29, 0.717) is 33.6 Å². The van der Waals surface area contributed by atoms with Gasteiger partial charge in [0.2, 0.25) is 29.0 Å². The molecule has 4 amide bonds. The monoisotopic (exact) mass is 1810 g/mol. The summed E-state index contributed by atoms with van der Waals surface area (Å²) < 4.78 is 78.4. The van der Waals surface area contributed by atoms with Crippen LogP contribution in [-0.2, 0) is 99.4 Å². The van der Waals surface area contributed by atoms with E-state index in [2.05, 4.69) is 45.0 Å². The fourth-order valence-corrected chi connectivity index (χ4v) is 17.8. The van der Waals surface area contributed by atoms with Crippen LogP contribution < -0.4 is 35.2 Å². The summed E-state index contributed by atoms with van der Waals surface area (Å²) in [6.45, 7) is 16.0. The first-order chi connectivity index (χ1) is 52.8. The van der Waals surface area contributed by atoms with Gasteiger partial charge in [0.05, 0.1) is 109 Å². The van der Waals surface area contributed by atoms with E-state index in [4.69, 9.17) is 72.2 Å². The normalized spacial score (nSPS) is 30.2. The third kappa shape index (κ3) is 24.5. The van der Waals surface area contributed by atoms with E-state index in [1.54, 1.807) is 69.9 Å². The van der Waals surface area contributed by atoms with Crippen LogP contribution >= 0.6 is 55.9 Å². The molecule has 9 N–H and O–H groups in total. The molecule has 112 heavy (non-hydrogen) atoms. The van der Waals surface area contributed by atoms with E-state index in [9.17, 15) is 54.3 Å². The van der Waals surface area contributed by atoms with Crippen molar-refractivity contribution in [3.05, 3.63) is 85.3 Å². The van der Waals surface area contributed by atoms with Crippen LogP contribution in [-0.4, -0.2) is 252 Å². The van der Waals surface area contributed by atoms with Crippen molar-refractivity contribution in [3.63, 3.8) is 0 Å². The third-order valence-electron chi connectivity index (χ3n) is 19.4. The van der Waals surface area contributed by atoms with Crippen LogP contribution in [0.1, 0.15) is 135 Å². The molecule has 2 bridgehead atoms. The van der Waals surface area contributed by atoms with Gasteiger partial charge in [-0.3, -0.25) is 29.3 Å². The van der Waals surface area contributed by atoms with E-state index in [0.717, 1.165) is 24.4 Å². The number of thioether (sulfide) groups is 1. The number of alkyl carbamates (subject to hydrolysis) is 1. The average molecular weight is 1810 g/mol. The number of Topliss-reactive ketones (excluding diaryl/α,β-unsaturated/α-hetero) is 1. The molecule has 19 atom stereocenters. The molecule has 1 radical (unpaired) electrons. The van der Waals surface area contributed by atoms with Gasteiger partial charge < -0.3 is 103 Å². The van der Waals surface area contributed by atoms with Crippen molar-refractivity contribution in [1.29, 1.82) is 0 Å². The Morgan fingerprint density at radius 3 is 2.23 bits per heavy atom. The number of hydrogen-bond acceptors (Lipinski definition) is 30. The molecule has 4 fully saturated rings. The van der Waals surface area contributed by atoms with Crippen LogP contribution in [0.4, 0.5) is 4.79 Å². The van der Waals surface area contributed by atoms with E-state index in [-0.39, 0.29) is 148 Å². The molecule has 36 heteroatoms. The van der Waals surface area contributed by atoms with Crippen molar-refractivity contribution in [2.45, 2.75) is 240 Å². The first-order valence-electron chi connectivity index (χ1n) is 36.3. The summed E-state index contributed by atoms with van der Waals surface area (Å²) in [7, 11) is 9.45. The van der Waals surface area contributed by atoms with Crippen LogP contribution in [0.2, 0.25) is 0 Å². The number of hydrazone groups is 1. The molecule has 0 aromatic heterocycles. The second kappa shape index (κ2) is 44.0. The van der Waals surface area contributed by atoms with Crippen molar-refractivity contribution in [2.75, 3.05) is 61.1 Å². The fraction of sp³-hybridized carbons (Fsp3) is 0.618. The summed E-state index contributed by atoms with van der Waals surface area (Å²) in [4.78, 5) is 87.5. The van der Waals surface area contributed by atoms with E-state index >= 15 is 0 Å². The van der Waals surface area contributed by atoms with Gasteiger partial charge in [-0.2, -0.15) is 10.6 Å². The second-order valence-electron chi connectivity index (χ2n) is 27.8. The fourth-order valence-electron chi connectivity index (χ4n) is 13.6. The number of aliphatic hydroxyl groups excluding tert-OH is 4. The topological polar surface area (TPSA) is 408 Å². The number of allylic oxidation sites excluding steroid dienone is 3. The van der Waals surface area contributed by atoms with Crippen molar-refractivity contribution in [1.82, 2.24) is 21.1 Å². The minimum atomic E-state index is -1.86. The molecule has 0 saturated carbocycles. The Kier molecular flexibility index (Phi) is 36.9. The number of rotatable bonds is 31. The molecule has 4 saturated heterocycles. The number of fused-ring (bicyclic) bond motifs is 2. The number of benzene rings is 2. The minimum Gasteiger partial charge on any atom is -0.668 e. The van der Waals surface area contributed by atoms with E-state index < -0.39 is 149 Å². The number of ether oxygens (including phenoxy) is 13.